The van der Waals surface area contributed by atoms with Gasteiger partial charge < -0.3 is 10.1 Å². The number of hydrogen-bond acceptors (Lipinski definition) is 3. The van der Waals surface area contributed by atoms with Gasteiger partial charge >= 0.3 is 0 Å². The van der Waals surface area contributed by atoms with E-state index >= 15 is 0 Å². The van der Waals surface area contributed by atoms with Gasteiger partial charge in [0.1, 0.15) is 0 Å². The van der Waals surface area contributed by atoms with E-state index < -0.39 is 0 Å². The standard InChI is InChI=1S/C13H26N2O/c1-10-4-5-12(14-3)13(8-10)15-6-7-16-9-11(15)2/h10-14H,4-9H2,1-3H3. The molecule has 3 heteroatoms. The van der Waals surface area contributed by atoms with Crippen molar-refractivity contribution >= 4 is 0 Å². The Bertz CT molecular complexity index is 222. The molecule has 1 saturated carbocycles. The maximum absolute atomic E-state index is 5.54. The molecule has 0 aromatic rings. The van der Waals surface area contributed by atoms with E-state index in [1.807, 2.05) is 0 Å². The van der Waals surface area contributed by atoms with Gasteiger partial charge in [-0.1, -0.05) is 6.92 Å². The van der Waals surface area contributed by atoms with Crippen LogP contribution in [0.2, 0.25) is 0 Å². The summed E-state index contributed by atoms with van der Waals surface area (Å²) in [6.45, 7) is 7.61. The van der Waals surface area contributed by atoms with Gasteiger partial charge in [-0.05, 0) is 39.2 Å². The Kier molecular flexibility index (Phi) is 4.22. The SMILES string of the molecule is CNC1CCC(C)CC1N1CCOCC1C. The first kappa shape index (κ1) is 12.3. The first-order chi connectivity index (χ1) is 7.72. The molecule has 3 nitrogen and oxygen atoms in total. The summed E-state index contributed by atoms with van der Waals surface area (Å²) in [5, 5.41) is 3.51. The molecule has 4 atom stereocenters. The van der Waals surface area contributed by atoms with Crippen LogP contribution >= 0.6 is 0 Å². The zero-order chi connectivity index (χ0) is 11.5. The second-order valence-corrected chi connectivity index (χ2v) is 5.54. The molecule has 0 aromatic heterocycles. The van der Waals surface area contributed by atoms with E-state index in [1.54, 1.807) is 0 Å². The van der Waals surface area contributed by atoms with Crippen molar-refractivity contribution in [1.29, 1.82) is 0 Å². The number of morpholine rings is 1. The summed E-state index contributed by atoms with van der Waals surface area (Å²) in [7, 11) is 2.11. The second-order valence-electron chi connectivity index (χ2n) is 5.54. The van der Waals surface area contributed by atoms with Crippen molar-refractivity contribution in [2.75, 3.05) is 26.8 Å². The number of nitrogens with one attached hydrogen (secondary N) is 1. The third-order valence-corrected chi connectivity index (χ3v) is 4.29. The molecule has 0 bridgehead atoms. The van der Waals surface area contributed by atoms with E-state index in [0.717, 1.165) is 25.7 Å². The molecule has 2 fully saturated rings. The molecule has 0 spiro atoms. The largest absolute Gasteiger partial charge is 0.379 e. The van der Waals surface area contributed by atoms with Crippen LogP contribution in [-0.2, 0) is 4.74 Å². The fourth-order valence-corrected chi connectivity index (χ4v) is 3.29. The highest BCUT2D eigenvalue weighted by atomic mass is 16.5. The smallest absolute Gasteiger partial charge is 0.0619 e. The van der Waals surface area contributed by atoms with Crippen molar-refractivity contribution in [3.05, 3.63) is 0 Å². The third-order valence-electron chi connectivity index (χ3n) is 4.29. The average Bonchev–Trinajstić information content (AvgIpc) is 2.29. The third kappa shape index (κ3) is 2.58. The summed E-state index contributed by atoms with van der Waals surface area (Å²) in [6, 6.07) is 1.98. The Morgan fingerprint density at radius 2 is 2.06 bits per heavy atom. The summed E-state index contributed by atoms with van der Waals surface area (Å²) >= 11 is 0. The Morgan fingerprint density at radius 1 is 1.25 bits per heavy atom. The molecular weight excluding hydrogens is 200 g/mol. The second kappa shape index (κ2) is 5.48. The highest BCUT2D eigenvalue weighted by Crippen LogP contribution is 2.29. The van der Waals surface area contributed by atoms with Gasteiger partial charge in [-0.3, -0.25) is 4.90 Å². The lowest BCUT2D eigenvalue weighted by Crippen LogP contribution is -2.58. The predicted molar refractivity (Wildman–Crippen MR) is 66.6 cm³/mol. The number of likely N-dealkylation sites (N-methyl/N-ethyl adjacent to an activating group) is 1. The molecule has 0 amide bonds. The molecule has 1 N–H and O–H groups in total. The average molecular weight is 226 g/mol. The quantitative estimate of drug-likeness (QED) is 0.772. The van der Waals surface area contributed by atoms with Gasteiger partial charge in [-0.25, -0.2) is 0 Å². The summed E-state index contributed by atoms with van der Waals surface area (Å²) in [5.41, 5.74) is 0. The highest BCUT2D eigenvalue weighted by Gasteiger charge is 2.35. The molecule has 2 aliphatic rings. The van der Waals surface area contributed by atoms with E-state index in [1.165, 1.54) is 19.3 Å². The van der Waals surface area contributed by atoms with Crippen LogP contribution in [-0.4, -0.2) is 49.8 Å². The van der Waals surface area contributed by atoms with Gasteiger partial charge in [0.2, 0.25) is 0 Å². The topological polar surface area (TPSA) is 24.5 Å². The van der Waals surface area contributed by atoms with Gasteiger partial charge in [-0.2, -0.15) is 0 Å². The molecule has 4 unspecified atom stereocenters. The lowest BCUT2D eigenvalue weighted by Gasteiger charge is -2.46. The van der Waals surface area contributed by atoms with Crippen molar-refractivity contribution in [2.45, 2.75) is 51.2 Å². The molecule has 1 saturated heterocycles. The lowest BCUT2D eigenvalue weighted by molar-refractivity contribution is -0.0407. The van der Waals surface area contributed by atoms with Crippen molar-refractivity contribution in [1.82, 2.24) is 10.2 Å². The first-order valence-corrected chi connectivity index (χ1v) is 6.73. The van der Waals surface area contributed by atoms with Crippen LogP contribution in [0.15, 0.2) is 0 Å². The molecular formula is C13H26N2O. The van der Waals surface area contributed by atoms with Gasteiger partial charge in [0.15, 0.2) is 0 Å². The van der Waals surface area contributed by atoms with Crippen molar-refractivity contribution in [2.24, 2.45) is 5.92 Å². The van der Waals surface area contributed by atoms with E-state index in [2.05, 4.69) is 31.1 Å². The minimum absolute atomic E-state index is 0.583. The molecule has 1 aliphatic carbocycles. The summed E-state index contributed by atoms with van der Waals surface area (Å²) in [6.07, 6.45) is 4.04. The Labute approximate surface area is 99.5 Å². The van der Waals surface area contributed by atoms with E-state index in [-0.39, 0.29) is 0 Å². The van der Waals surface area contributed by atoms with Crippen LogP contribution in [0.3, 0.4) is 0 Å². The fourth-order valence-electron chi connectivity index (χ4n) is 3.29. The van der Waals surface area contributed by atoms with E-state index in [4.69, 9.17) is 4.74 Å². The molecule has 0 radical (unpaired) electrons. The lowest BCUT2D eigenvalue weighted by atomic mass is 9.82. The van der Waals surface area contributed by atoms with Crippen molar-refractivity contribution in [3.63, 3.8) is 0 Å². The van der Waals surface area contributed by atoms with Crippen LogP contribution in [0.5, 0.6) is 0 Å². The molecule has 1 heterocycles. The molecule has 2 rings (SSSR count). The fraction of sp³-hybridized carbons (Fsp3) is 1.00. The molecule has 94 valence electrons. The predicted octanol–water partition coefficient (Wildman–Crippen LogP) is 1.48. The number of ether oxygens (including phenoxy) is 1. The van der Waals surface area contributed by atoms with Crippen LogP contribution in [0.4, 0.5) is 0 Å². The number of hydrogen-bond donors (Lipinski definition) is 1. The van der Waals surface area contributed by atoms with Gasteiger partial charge in [0, 0.05) is 24.7 Å². The molecule has 16 heavy (non-hydrogen) atoms. The van der Waals surface area contributed by atoms with Crippen LogP contribution in [0.1, 0.15) is 33.1 Å². The van der Waals surface area contributed by atoms with Gasteiger partial charge in [0.25, 0.3) is 0 Å². The number of rotatable bonds is 2. The Hall–Kier alpha value is -0.120. The zero-order valence-corrected chi connectivity index (χ0v) is 10.9. The van der Waals surface area contributed by atoms with E-state index in [0.29, 0.717) is 18.1 Å². The minimum Gasteiger partial charge on any atom is -0.379 e. The van der Waals surface area contributed by atoms with Crippen LogP contribution in [0, 0.1) is 5.92 Å². The monoisotopic (exact) mass is 226 g/mol. The molecule has 1 aliphatic heterocycles. The van der Waals surface area contributed by atoms with E-state index in [9.17, 15) is 0 Å². The summed E-state index contributed by atoms with van der Waals surface area (Å²) in [4.78, 5) is 2.67. The van der Waals surface area contributed by atoms with Gasteiger partial charge in [0.05, 0.1) is 13.2 Å². The van der Waals surface area contributed by atoms with Gasteiger partial charge in [-0.15, -0.1) is 0 Å². The molecule has 0 aromatic carbocycles. The highest BCUT2D eigenvalue weighted by molar-refractivity contribution is 4.92. The Balaban J connectivity index is 2.02. The maximum atomic E-state index is 5.54. The van der Waals surface area contributed by atoms with Crippen LogP contribution in [0.25, 0.3) is 0 Å². The summed E-state index contributed by atoms with van der Waals surface area (Å²) in [5.74, 6) is 0.879. The first-order valence-electron chi connectivity index (χ1n) is 6.73. The zero-order valence-electron chi connectivity index (χ0n) is 10.9. The Morgan fingerprint density at radius 3 is 2.75 bits per heavy atom. The van der Waals surface area contributed by atoms with Crippen LogP contribution < -0.4 is 5.32 Å². The van der Waals surface area contributed by atoms with Crippen molar-refractivity contribution < 1.29 is 4.74 Å². The normalized spacial score (nSPS) is 42.2. The number of nitrogens with zero attached hydrogens (tertiary/aromatic N) is 1. The van der Waals surface area contributed by atoms with Crippen molar-refractivity contribution in [3.8, 4) is 0 Å². The summed E-state index contributed by atoms with van der Waals surface area (Å²) < 4.78 is 5.54. The maximum Gasteiger partial charge on any atom is 0.0619 e. The minimum atomic E-state index is 0.583.